The molecule has 1 aromatic carbocycles. The van der Waals surface area contributed by atoms with Crippen LogP contribution in [0.3, 0.4) is 0 Å². The highest BCUT2D eigenvalue weighted by molar-refractivity contribution is 6.06. The molecule has 0 fully saturated rings. The number of hydrogen-bond acceptors (Lipinski definition) is 4. The van der Waals surface area contributed by atoms with Gasteiger partial charge >= 0.3 is 5.97 Å². The second-order valence-electron chi connectivity index (χ2n) is 4.75. The lowest BCUT2D eigenvalue weighted by Gasteiger charge is -2.13. The molecule has 2 N–H and O–H groups in total. The fourth-order valence-corrected chi connectivity index (χ4v) is 2.08. The van der Waals surface area contributed by atoms with Crippen molar-refractivity contribution in [2.45, 2.75) is 19.4 Å². The van der Waals surface area contributed by atoms with Gasteiger partial charge in [0.15, 0.2) is 0 Å². The van der Waals surface area contributed by atoms with Crippen molar-refractivity contribution in [1.29, 1.82) is 0 Å². The van der Waals surface area contributed by atoms with Gasteiger partial charge in [0.05, 0.1) is 19.1 Å². The Morgan fingerprint density at radius 2 is 2.05 bits per heavy atom. The van der Waals surface area contributed by atoms with Crippen LogP contribution >= 0.6 is 0 Å². The lowest BCUT2D eigenvalue weighted by atomic mass is 10.1. The molecule has 0 bridgehead atoms. The Bertz CT molecular complexity index is 736. The zero-order chi connectivity index (χ0) is 15.4. The number of fused-ring (bicyclic) bond motifs is 1. The monoisotopic (exact) mass is 288 g/mol. The van der Waals surface area contributed by atoms with Crippen molar-refractivity contribution in [3.05, 3.63) is 46.2 Å². The van der Waals surface area contributed by atoms with Crippen LogP contribution in [0.4, 0.5) is 0 Å². The normalized spacial score (nSPS) is 11.9. The number of methoxy groups -OCH3 is 1. The number of hydrogen-bond donors (Lipinski definition) is 2. The Morgan fingerprint density at radius 1 is 1.33 bits per heavy atom. The average molecular weight is 288 g/mol. The molecule has 110 valence electrons. The van der Waals surface area contributed by atoms with Crippen molar-refractivity contribution in [1.82, 2.24) is 10.3 Å². The van der Waals surface area contributed by atoms with E-state index in [0.717, 1.165) is 0 Å². The van der Waals surface area contributed by atoms with Gasteiger partial charge in [-0.2, -0.15) is 0 Å². The second kappa shape index (κ2) is 6.21. The van der Waals surface area contributed by atoms with Gasteiger partial charge in [0, 0.05) is 23.0 Å². The first-order valence-corrected chi connectivity index (χ1v) is 6.51. The maximum atomic E-state index is 12.3. The summed E-state index contributed by atoms with van der Waals surface area (Å²) in [6.07, 6.45) is 0.0728. The first-order chi connectivity index (χ1) is 10.0. The molecule has 0 spiro atoms. The Labute approximate surface area is 121 Å². The van der Waals surface area contributed by atoms with Crippen molar-refractivity contribution >= 4 is 22.8 Å². The first kappa shape index (κ1) is 14.8. The highest BCUT2D eigenvalue weighted by atomic mass is 16.5. The van der Waals surface area contributed by atoms with Crippen molar-refractivity contribution in [3.63, 3.8) is 0 Å². The van der Waals surface area contributed by atoms with Crippen LogP contribution in [0.2, 0.25) is 0 Å². The van der Waals surface area contributed by atoms with E-state index in [1.807, 2.05) is 0 Å². The van der Waals surface area contributed by atoms with Gasteiger partial charge in [-0.15, -0.1) is 0 Å². The smallest absolute Gasteiger partial charge is 0.307 e. The molecule has 0 aliphatic carbocycles. The first-order valence-electron chi connectivity index (χ1n) is 6.51. The molecule has 2 rings (SSSR count). The summed E-state index contributed by atoms with van der Waals surface area (Å²) in [7, 11) is 1.29. The summed E-state index contributed by atoms with van der Waals surface area (Å²) in [5.74, 6) is -0.799. The number of amides is 1. The predicted octanol–water partition coefficient (Wildman–Crippen LogP) is 1.21. The highest BCUT2D eigenvalue weighted by Crippen LogP contribution is 2.14. The number of para-hydroxylation sites is 1. The minimum atomic E-state index is -0.404. The molecule has 1 aromatic heterocycles. The van der Waals surface area contributed by atoms with E-state index in [0.29, 0.717) is 10.9 Å². The van der Waals surface area contributed by atoms with Gasteiger partial charge in [-0.1, -0.05) is 18.2 Å². The largest absolute Gasteiger partial charge is 0.469 e. The number of esters is 1. The quantitative estimate of drug-likeness (QED) is 0.828. The number of carbonyl (C=O) groups is 2. The molecule has 0 saturated carbocycles. The minimum Gasteiger partial charge on any atom is -0.469 e. The van der Waals surface area contributed by atoms with Crippen molar-refractivity contribution < 1.29 is 14.3 Å². The van der Waals surface area contributed by atoms with E-state index in [1.54, 1.807) is 31.2 Å². The summed E-state index contributed by atoms with van der Waals surface area (Å²) in [6.45, 7) is 1.70. The molecule has 0 radical (unpaired) electrons. The van der Waals surface area contributed by atoms with E-state index in [4.69, 9.17) is 0 Å². The molecule has 0 aliphatic heterocycles. The number of ether oxygens (including phenoxy) is 1. The zero-order valence-corrected chi connectivity index (χ0v) is 11.8. The fraction of sp³-hybridized carbons (Fsp3) is 0.267. The molecular formula is C15H16N2O4. The number of benzene rings is 1. The van der Waals surface area contributed by atoms with Crippen molar-refractivity contribution in [2.24, 2.45) is 0 Å². The Hall–Kier alpha value is -2.63. The SMILES string of the molecule is COC(=O)CC(C)NC(=O)c1cc(=O)[nH]c2ccccc12. The van der Waals surface area contributed by atoms with Gasteiger partial charge in [-0.3, -0.25) is 14.4 Å². The number of rotatable bonds is 4. The van der Waals surface area contributed by atoms with Gasteiger partial charge in [0.2, 0.25) is 5.56 Å². The van der Waals surface area contributed by atoms with Crippen LogP contribution in [0.1, 0.15) is 23.7 Å². The van der Waals surface area contributed by atoms with Crippen LogP contribution in [-0.2, 0) is 9.53 Å². The number of carbonyl (C=O) groups excluding carboxylic acids is 2. The molecular weight excluding hydrogens is 272 g/mol. The lowest BCUT2D eigenvalue weighted by molar-refractivity contribution is -0.141. The van der Waals surface area contributed by atoms with Gasteiger partial charge in [0.25, 0.3) is 5.91 Å². The molecule has 0 aliphatic rings. The highest BCUT2D eigenvalue weighted by Gasteiger charge is 2.16. The molecule has 1 unspecified atom stereocenters. The van der Waals surface area contributed by atoms with E-state index in [-0.39, 0.29) is 23.6 Å². The van der Waals surface area contributed by atoms with Crippen molar-refractivity contribution in [3.8, 4) is 0 Å². The maximum absolute atomic E-state index is 12.3. The van der Waals surface area contributed by atoms with Gasteiger partial charge in [0.1, 0.15) is 0 Å². The number of aromatic amines is 1. The Morgan fingerprint density at radius 3 is 2.76 bits per heavy atom. The molecule has 0 saturated heterocycles. The third-order valence-electron chi connectivity index (χ3n) is 3.07. The van der Waals surface area contributed by atoms with Crippen LogP contribution in [0.25, 0.3) is 10.9 Å². The molecule has 1 amide bonds. The van der Waals surface area contributed by atoms with E-state index in [1.165, 1.54) is 13.2 Å². The van der Waals surface area contributed by atoms with Crippen molar-refractivity contribution in [2.75, 3.05) is 7.11 Å². The Kier molecular flexibility index (Phi) is 4.37. The standard InChI is InChI=1S/C15H16N2O4/c1-9(7-14(19)21-2)16-15(20)11-8-13(18)17-12-6-4-3-5-10(11)12/h3-6,8-9H,7H2,1-2H3,(H,16,20)(H,17,18). The molecule has 1 atom stereocenters. The van der Waals surface area contributed by atoms with Crippen LogP contribution in [0, 0.1) is 0 Å². The summed E-state index contributed by atoms with van der Waals surface area (Å²) in [5.41, 5.74) is 0.529. The third-order valence-corrected chi connectivity index (χ3v) is 3.07. The molecule has 21 heavy (non-hydrogen) atoms. The zero-order valence-electron chi connectivity index (χ0n) is 11.8. The Balaban J connectivity index is 2.27. The molecule has 1 heterocycles. The summed E-state index contributed by atoms with van der Waals surface area (Å²) in [6, 6.07) is 7.91. The number of aromatic nitrogens is 1. The average Bonchev–Trinajstić information content (AvgIpc) is 2.45. The number of pyridine rings is 1. The molecule has 2 aromatic rings. The van der Waals surface area contributed by atoms with Crippen LogP contribution in [0.5, 0.6) is 0 Å². The van der Waals surface area contributed by atoms with Gasteiger partial charge < -0.3 is 15.0 Å². The molecule has 6 nitrogen and oxygen atoms in total. The van der Waals surface area contributed by atoms with E-state index in [9.17, 15) is 14.4 Å². The van der Waals surface area contributed by atoms with Crippen LogP contribution in [-0.4, -0.2) is 30.0 Å². The molecule has 6 heteroatoms. The van der Waals surface area contributed by atoms with E-state index in [2.05, 4.69) is 15.0 Å². The summed E-state index contributed by atoms with van der Waals surface area (Å²) < 4.78 is 4.55. The lowest BCUT2D eigenvalue weighted by Crippen LogP contribution is -2.35. The maximum Gasteiger partial charge on any atom is 0.307 e. The topological polar surface area (TPSA) is 88.3 Å². The minimum absolute atomic E-state index is 0.0728. The number of nitrogens with one attached hydrogen (secondary N) is 2. The van der Waals surface area contributed by atoms with E-state index >= 15 is 0 Å². The van der Waals surface area contributed by atoms with Gasteiger partial charge in [-0.25, -0.2) is 0 Å². The second-order valence-corrected chi connectivity index (χ2v) is 4.75. The fourth-order valence-electron chi connectivity index (χ4n) is 2.08. The van der Waals surface area contributed by atoms with Gasteiger partial charge in [-0.05, 0) is 13.0 Å². The number of H-pyrrole nitrogens is 1. The third kappa shape index (κ3) is 3.47. The van der Waals surface area contributed by atoms with E-state index < -0.39 is 11.9 Å². The predicted molar refractivity (Wildman–Crippen MR) is 78.1 cm³/mol. The van der Waals surface area contributed by atoms with Crippen LogP contribution < -0.4 is 10.9 Å². The van der Waals surface area contributed by atoms with Crippen LogP contribution in [0.15, 0.2) is 35.1 Å². The summed E-state index contributed by atoms with van der Waals surface area (Å²) in [5, 5.41) is 3.34. The summed E-state index contributed by atoms with van der Waals surface area (Å²) in [4.78, 5) is 37.7. The summed E-state index contributed by atoms with van der Waals surface area (Å²) >= 11 is 0.